The van der Waals surface area contributed by atoms with Gasteiger partial charge >= 0.3 is 0 Å². The van der Waals surface area contributed by atoms with Gasteiger partial charge in [0.1, 0.15) is 1.41 Å². The van der Waals surface area contributed by atoms with E-state index in [0.717, 1.165) is 6.20 Å². The lowest BCUT2D eigenvalue weighted by atomic mass is 10.1. The number of sulfonamides is 1. The Bertz CT molecular complexity index is 1230. The molecule has 0 amide bonds. The van der Waals surface area contributed by atoms with Crippen molar-refractivity contribution in [2.45, 2.75) is 12.1 Å². The Morgan fingerprint density at radius 1 is 1.60 bits per heavy atom. The summed E-state index contributed by atoms with van der Waals surface area (Å²) >= 11 is 0. The molecule has 0 aliphatic rings. The molecule has 5 nitrogen and oxygen atoms in total. The van der Waals surface area contributed by atoms with Crippen molar-refractivity contribution < 1.29 is 29.1 Å². The summed E-state index contributed by atoms with van der Waals surface area (Å²) in [6.45, 7) is -10.0. The highest BCUT2D eigenvalue weighted by atomic mass is 32.2. The quantitative estimate of drug-likeness (QED) is 0.846. The van der Waals surface area contributed by atoms with E-state index >= 15 is 0 Å². The molecule has 0 bridgehead atoms. The van der Waals surface area contributed by atoms with Gasteiger partial charge in [0.15, 0.2) is 1.41 Å². The van der Waals surface area contributed by atoms with Gasteiger partial charge in [-0.1, -0.05) is 6.04 Å². The molecule has 6 heteroatoms. The van der Waals surface area contributed by atoms with Gasteiger partial charge in [-0.2, -0.15) is 0 Å². The molecule has 2 rings (SSSR count). The number of H-pyrrole nitrogens is 1. The minimum atomic E-state index is -5.13. The second-order valence-corrected chi connectivity index (χ2v) is 5.21. The zero-order chi connectivity index (χ0) is 27.7. The Morgan fingerprint density at radius 3 is 3.10 bits per heavy atom. The molecule has 0 atom stereocenters. The lowest BCUT2D eigenvalue weighted by molar-refractivity contribution is 0.414. The lowest BCUT2D eigenvalue weighted by Crippen LogP contribution is -2.20. The van der Waals surface area contributed by atoms with Crippen LogP contribution in [0, 0.1) is 0 Å². The minimum absolute atomic E-state index is 0.223. The first-order chi connectivity index (χ1) is 15.4. The standard InChI is InChI=1S/C14H21N3O2S/c1-15-20(18,19)10-11-4-5-14-13(8-11)12(9-16-14)6-7-17(2)3/h4-5,8-9,15-16H,6-7,10H2,1-3H3/i2D3,3D3,4D,5D,7D2,8D,10D2/hD2. The average molecular weight is 310 g/mol. The Balaban J connectivity index is 2.91. The van der Waals surface area contributed by atoms with E-state index in [4.69, 9.17) is 20.6 Å². The van der Waals surface area contributed by atoms with Crippen LogP contribution < -0.4 is 4.72 Å². The molecular formula is C14H21N3O2S. The number of nitrogens with one attached hydrogen (secondary N) is 2. The fraction of sp³-hybridized carbons (Fsp3) is 0.429. The number of likely N-dealkylation sites (N-methyl/N-ethyl adjacent to an activating group) is 1. The maximum Gasteiger partial charge on any atom is 0.215 e. The van der Waals surface area contributed by atoms with Gasteiger partial charge in [-0.15, -0.1) is 0 Å². The number of aromatic amines is 1. The molecule has 0 unspecified atom stereocenters. The van der Waals surface area contributed by atoms with Crippen molar-refractivity contribution in [3.05, 3.63) is 35.5 Å². The van der Waals surface area contributed by atoms with Gasteiger partial charge in [-0.25, -0.2) is 13.1 Å². The van der Waals surface area contributed by atoms with Gasteiger partial charge in [0.05, 0.1) is 9.82 Å². The van der Waals surface area contributed by atoms with E-state index in [-0.39, 0.29) is 9.62 Å². The molecule has 2 aromatic rings. The van der Waals surface area contributed by atoms with E-state index in [1.807, 2.05) is 0 Å². The summed E-state index contributed by atoms with van der Waals surface area (Å²) in [6, 6.07) is -2.96. The molecule has 0 fully saturated rings. The Kier molecular flexibility index (Phi) is 1.44. The highest BCUT2D eigenvalue weighted by molar-refractivity contribution is 7.88. The number of aromatic nitrogens is 1. The average Bonchev–Trinajstić information content (AvgIpc) is 2.91. The molecule has 0 saturated carbocycles. The number of nitrogens with zero attached hydrogens (tertiary/aromatic N) is 1. The van der Waals surface area contributed by atoms with Crippen molar-refractivity contribution in [2.75, 3.05) is 27.5 Å². The summed E-state index contributed by atoms with van der Waals surface area (Å²) in [7, 11) is -4.43. The Hall–Kier alpha value is -1.37. The molecule has 1 aromatic heterocycles. The topological polar surface area (TPSA) is 65.2 Å². The third-order valence-electron chi connectivity index (χ3n) is 2.36. The summed E-state index contributed by atoms with van der Waals surface area (Å²) < 4.78 is 142. The number of fused-ring (bicyclic) bond motifs is 1. The van der Waals surface area contributed by atoms with E-state index in [2.05, 4.69) is 0 Å². The Labute approximate surface area is 141 Å². The second-order valence-electron chi connectivity index (χ2n) is 3.69. The third-order valence-corrected chi connectivity index (χ3v) is 3.31. The summed E-state index contributed by atoms with van der Waals surface area (Å²) in [4.78, 5) is 0.0858. The molecule has 2 N–H and O–H groups in total. The van der Waals surface area contributed by atoms with Crippen molar-refractivity contribution in [1.29, 1.82) is 0 Å². The van der Waals surface area contributed by atoms with E-state index in [1.165, 1.54) is 0 Å². The van der Waals surface area contributed by atoms with Crippen molar-refractivity contribution in [3.8, 4) is 0 Å². The van der Waals surface area contributed by atoms with Crippen LogP contribution in [0.25, 0.3) is 10.9 Å². The highest BCUT2D eigenvalue weighted by Gasteiger charge is 2.11. The van der Waals surface area contributed by atoms with E-state index in [0.29, 0.717) is 12.0 Å². The van der Waals surface area contributed by atoms with Crippen LogP contribution in [0.3, 0.4) is 0 Å². The zero-order valence-electron chi connectivity index (χ0n) is 25.4. The molecule has 0 radical (unpaired) electrons. The predicted octanol–water partition coefficient (Wildman–Crippen LogP) is 1.32. The number of hydrogen-bond acceptors (Lipinski definition) is 3. The predicted molar refractivity (Wildman–Crippen MR) is 82.2 cm³/mol. The minimum Gasteiger partial charge on any atom is -0.361 e. The maximum absolute atomic E-state index is 12.4. The summed E-state index contributed by atoms with van der Waals surface area (Å²) in [5.41, 5.74) is -5.61. The van der Waals surface area contributed by atoms with Crippen molar-refractivity contribution in [2.24, 2.45) is 0 Å². The molecular weight excluding hydrogens is 274 g/mol. The van der Waals surface area contributed by atoms with Crippen LogP contribution in [-0.2, 0) is 22.1 Å². The van der Waals surface area contributed by atoms with Crippen LogP contribution in [0.4, 0.5) is 0 Å². The fourth-order valence-electron chi connectivity index (χ4n) is 1.46. The summed E-state index contributed by atoms with van der Waals surface area (Å²) in [5, 5.41) is -0.539. The Morgan fingerprint density at radius 2 is 2.40 bits per heavy atom. The van der Waals surface area contributed by atoms with E-state index in [9.17, 15) is 8.42 Å². The van der Waals surface area contributed by atoms with Crippen molar-refractivity contribution in [3.63, 3.8) is 0 Å². The molecule has 0 aliphatic heterocycles. The van der Waals surface area contributed by atoms with Gasteiger partial charge in [-0.3, -0.25) is 0 Å². The third kappa shape index (κ3) is 3.59. The summed E-state index contributed by atoms with van der Waals surface area (Å²) in [5.74, 6) is 0. The van der Waals surface area contributed by atoms with Crippen molar-refractivity contribution >= 4 is 20.9 Å². The smallest absolute Gasteiger partial charge is 0.215 e. The van der Waals surface area contributed by atoms with Crippen LogP contribution in [-0.4, -0.2) is 45.8 Å². The monoisotopic (exact) mass is 310 g/mol. The van der Waals surface area contributed by atoms with Gasteiger partial charge in [0, 0.05) is 37.3 Å². The van der Waals surface area contributed by atoms with Gasteiger partial charge in [-0.05, 0) is 50.6 Å². The van der Waals surface area contributed by atoms with Crippen LogP contribution in [0.1, 0.15) is 28.9 Å². The van der Waals surface area contributed by atoms with Crippen molar-refractivity contribution in [1.82, 2.24) is 14.6 Å². The normalized spacial score (nSPS) is 26.2. The maximum atomic E-state index is 12.4. The molecule has 20 heavy (non-hydrogen) atoms. The largest absolute Gasteiger partial charge is 0.361 e. The fourth-order valence-corrected chi connectivity index (χ4v) is 1.91. The van der Waals surface area contributed by atoms with Crippen LogP contribution in [0.5, 0.6) is 0 Å². The highest BCUT2D eigenvalue weighted by Crippen LogP contribution is 2.21. The van der Waals surface area contributed by atoms with Gasteiger partial charge < -0.3 is 9.88 Å². The number of rotatable bonds is 6. The molecule has 1 heterocycles. The molecule has 0 spiro atoms. The molecule has 110 valence electrons. The van der Waals surface area contributed by atoms with Crippen LogP contribution >= 0.6 is 0 Å². The first-order valence-electron chi connectivity index (χ1n) is 12.7. The molecule has 0 aliphatic carbocycles. The molecule has 0 saturated heterocycles. The number of hydrogen-bond donors (Lipinski definition) is 2. The van der Waals surface area contributed by atoms with Gasteiger partial charge in [0.25, 0.3) is 0 Å². The van der Waals surface area contributed by atoms with E-state index in [1.54, 1.807) is 0 Å². The lowest BCUT2D eigenvalue weighted by Gasteiger charge is -2.08. The number of aryl methyl sites for hydroxylation is 1. The summed E-state index contributed by atoms with van der Waals surface area (Å²) in [6.07, 6.45) is -0.234. The zero-order valence-corrected chi connectivity index (χ0v) is 11.2. The first-order valence-corrected chi connectivity index (χ1v) is 6.76. The molecule has 1 aromatic carbocycles. The van der Waals surface area contributed by atoms with Gasteiger partial charge in [0.2, 0.25) is 10.0 Å². The number of benzene rings is 1. The SMILES string of the molecule is [2H]c1c(C([2H])([2H])S(=O)(=O)N([2H])C)c([2H])c2c(CC([2H])([2H])N(C([2H])([2H])[2H])C([2H])([2H])[2H])cn([2H])c2c1[2H]. The van der Waals surface area contributed by atoms with E-state index < -0.39 is 82.8 Å². The van der Waals surface area contributed by atoms with Crippen LogP contribution in [0.2, 0.25) is 2.82 Å². The first kappa shape index (κ1) is 4.83. The van der Waals surface area contributed by atoms with Crippen LogP contribution in [0.15, 0.2) is 24.3 Å². The second kappa shape index (κ2) is 5.95.